The van der Waals surface area contributed by atoms with Gasteiger partial charge in [-0.1, -0.05) is 37.5 Å². The van der Waals surface area contributed by atoms with Gasteiger partial charge in [0.05, 0.1) is 16.2 Å². The SMILES string of the molecule is O=C(Nc1ccccc1)c1cncc(S(=O)(=O)CC2CCCCC2)c1. The molecule has 1 heterocycles. The van der Waals surface area contributed by atoms with Gasteiger partial charge < -0.3 is 5.32 Å². The first-order valence-corrected chi connectivity index (χ1v) is 10.2. The largest absolute Gasteiger partial charge is 0.322 e. The molecular formula is C19H22N2O3S. The number of hydrogen-bond acceptors (Lipinski definition) is 4. The van der Waals surface area contributed by atoms with E-state index in [0.717, 1.165) is 25.7 Å². The van der Waals surface area contributed by atoms with Crippen molar-refractivity contribution in [2.75, 3.05) is 11.1 Å². The summed E-state index contributed by atoms with van der Waals surface area (Å²) in [7, 11) is -3.43. The first kappa shape index (κ1) is 17.6. The minimum absolute atomic E-state index is 0.124. The zero-order valence-corrected chi connectivity index (χ0v) is 14.8. The van der Waals surface area contributed by atoms with Crippen LogP contribution in [0.4, 0.5) is 5.69 Å². The van der Waals surface area contributed by atoms with Crippen molar-refractivity contribution in [1.82, 2.24) is 4.98 Å². The van der Waals surface area contributed by atoms with Crippen LogP contribution < -0.4 is 5.32 Å². The Morgan fingerprint density at radius 2 is 1.80 bits per heavy atom. The van der Waals surface area contributed by atoms with Crippen LogP contribution in [-0.2, 0) is 9.84 Å². The smallest absolute Gasteiger partial charge is 0.257 e. The van der Waals surface area contributed by atoms with E-state index in [0.29, 0.717) is 5.69 Å². The van der Waals surface area contributed by atoms with Crippen LogP contribution in [0.1, 0.15) is 42.5 Å². The standard InChI is InChI=1S/C19H22N2O3S/c22-19(21-17-9-5-2-6-10-17)16-11-18(13-20-12-16)25(23,24)14-15-7-3-1-4-8-15/h2,5-6,9-13,15H,1,3-4,7-8,14H2,(H,21,22). The van der Waals surface area contributed by atoms with E-state index < -0.39 is 9.84 Å². The highest BCUT2D eigenvalue weighted by molar-refractivity contribution is 7.91. The highest BCUT2D eigenvalue weighted by Crippen LogP contribution is 2.27. The number of rotatable bonds is 5. The number of aromatic nitrogens is 1. The van der Waals surface area contributed by atoms with E-state index in [1.807, 2.05) is 18.2 Å². The number of para-hydroxylation sites is 1. The molecule has 1 fully saturated rings. The molecule has 0 radical (unpaired) electrons. The Bertz CT molecular complexity index is 829. The highest BCUT2D eigenvalue weighted by atomic mass is 32.2. The summed E-state index contributed by atoms with van der Waals surface area (Å²) >= 11 is 0. The number of sulfone groups is 1. The van der Waals surface area contributed by atoms with Crippen molar-refractivity contribution in [2.45, 2.75) is 37.0 Å². The quantitative estimate of drug-likeness (QED) is 0.884. The Kier molecular flexibility index (Phi) is 5.48. The van der Waals surface area contributed by atoms with Crippen LogP contribution in [0.3, 0.4) is 0 Å². The van der Waals surface area contributed by atoms with Crippen LogP contribution in [0.15, 0.2) is 53.7 Å². The van der Waals surface area contributed by atoms with E-state index in [9.17, 15) is 13.2 Å². The van der Waals surface area contributed by atoms with Gasteiger partial charge in [0.15, 0.2) is 9.84 Å². The normalized spacial score (nSPS) is 15.7. The van der Waals surface area contributed by atoms with Crippen LogP contribution in [0, 0.1) is 5.92 Å². The van der Waals surface area contributed by atoms with Crippen LogP contribution in [-0.4, -0.2) is 25.1 Å². The molecule has 0 spiro atoms. The van der Waals surface area contributed by atoms with E-state index in [2.05, 4.69) is 10.3 Å². The number of carbonyl (C=O) groups excluding carboxylic acids is 1. The molecule has 2 aromatic rings. The Morgan fingerprint density at radius 3 is 2.52 bits per heavy atom. The Morgan fingerprint density at radius 1 is 1.08 bits per heavy atom. The Balaban J connectivity index is 1.75. The van der Waals surface area contributed by atoms with Crippen molar-refractivity contribution < 1.29 is 13.2 Å². The van der Waals surface area contributed by atoms with E-state index in [1.54, 1.807) is 12.1 Å². The van der Waals surface area contributed by atoms with Gasteiger partial charge in [0.1, 0.15) is 0 Å². The molecule has 0 atom stereocenters. The lowest BCUT2D eigenvalue weighted by molar-refractivity contribution is 0.102. The molecule has 132 valence electrons. The molecule has 1 aliphatic carbocycles. The van der Waals surface area contributed by atoms with Gasteiger partial charge in [-0.15, -0.1) is 0 Å². The first-order chi connectivity index (χ1) is 12.0. The fraction of sp³-hybridized carbons (Fsp3) is 0.368. The second kappa shape index (κ2) is 7.78. The van der Waals surface area contributed by atoms with Crippen LogP contribution in [0.5, 0.6) is 0 Å². The monoisotopic (exact) mass is 358 g/mol. The Hall–Kier alpha value is -2.21. The summed E-state index contributed by atoms with van der Waals surface area (Å²) in [6.45, 7) is 0. The number of pyridine rings is 1. The summed E-state index contributed by atoms with van der Waals surface area (Å²) in [5, 5.41) is 2.74. The third-order valence-electron chi connectivity index (χ3n) is 4.55. The van der Waals surface area contributed by atoms with Crippen LogP contribution in [0.25, 0.3) is 0 Å². The number of carbonyl (C=O) groups is 1. The third-order valence-corrected chi connectivity index (χ3v) is 6.40. The van der Waals surface area contributed by atoms with E-state index in [1.165, 1.54) is 24.9 Å². The van der Waals surface area contributed by atoms with Gasteiger partial charge in [-0.25, -0.2) is 8.42 Å². The molecule has 0 aliphatic heterocycles. The second-order valence-electron chi connectivity index (χ2n) is 6.51. The average molecular weight is 358 g/mol. The molecule has 1 saturated carbocycles. The molecule has 25 heavy (non-hydrogen) atoms. The van der Waals surface area contributed by atoms with Crippen LogP contribution >= 0.6 is 0 Å². The lowest BCUT2D eigenvalue weighted by Gasteiger charge is -2.21. The summed E-state index contributed by atoms with van der Waals surface area (Å²) in [6.07, 6.45) is 8.01. The minimum atomic E-state index is -3.43. The van der Waals surface area contributed by atoms with Crippen molar-refractivity contribution in [2.24, 2.45) is 5.92 Å². The summed E-state index contributed by atoms with van der Waals surface area (Å²) in [6, 6.07) is 10.5. The number of nitrogens with zero attached hydrogens (tertiary/aromatic N) is 1. The molecule has 1 N–H and O–H groups in total. The van der Waals surface area contributed by atoms with Gasteiger partial charge in [0.25, 0.3) is 5.91 Å². The lowest BCUT2D eigenvalue weighted by atomic mass is 9.91. The molecule has 1 amide bonds. The number of nitrogens with one attached hydrogen (secondary N) is 1. The van der Waals surface area contributed by atoms with E-state index in [-0.39, 0.29) is 28.0 Å². The number of amides is 1. The Labute approximate surface area is 148 Å². The summed E-state index contributed by atoms with van der Waals surface area (Å²) in [4.78, 5) is 16.4. The molecule has 6 heteroatoms. The topological polar surface area (TPSA) is 76.1 Å². The zero-order chi connectivity index (χ0) is 17.7. The second-order valence-corrected chi connectivity index (χ2v) is 8.55. The molecule has 1 aromatic carbocycles. The van der Waals surface area contributed by atoms with E-state index >= 15 is 0 Å². The van der Waals surface area contributed by atoms with Crippen molar-refractivity contribution >= 4 is 21.4 Å². The van der Waals surface area contributed by atoms with Gasteiger partial charge in [-0.2, -0.15) is 0 Å². The molecular weight excluding hydrogens is 336 g/mol. The molecule has 0 bridgehead atoms. The highest BCUT2D eigenvalue weighted by Gasteiger charge is 2.24. The van der Waals surface area contributed by atoms with Gasteiger partial charge >= 0.3 is 0 Å². The maximum absolute atomic E-state index is 12.7. The van der Waals surface area contributed by atoms with Gasteiger partial charge in [0.2, 0.25) is 0 Å². The lowest BCUT2D eigenvalue weighted by Crippen LogP contribution is -2.20. The molecule has 0 saturated heterocycles. The molecule has 1 aliphatic rings. The van der Waals surface area contributed by atoms with Crippen molar-refractivity contribution in [3.05, 3.63) is 54.4 Å². The van der Waals surface area contributed by atoms with Crippen molar-refractivity contribution in [1.29, 1.82) is 0 Å². The maximum atomic E-state index is 12.7. The fourth-order valence-electron chi connectivity index (χ4n) is 3.20. The van der Waals surface area contributed by atoms with Crippen molar-refractivity contribution in [3.63, 3.8) is 0 Å². The maximum Gasteiger partial charge on any atom is 0.257 e. The summed E-state index contributed by atoms with van der Waals surface area (Å²) in [5.41, 5.74) is 0.900. The average Bonchev–Trinajstić information content (AvgIpc) is 2.63. The molecule has 5 nitrogen and oxygen atoms in total. The van der Waals surface area contributed by atoms with Gasteiger partial charge in [-0.05, 0) is 37.0 Å². The molecule has 0 unspecified atom stereocenters. The predicted molar refractivity (Wildman–Crippen MR) is 97.3 cm³/mol. The fourth-order valence-corrected chi connectivity index (χ4v) is 4.87. The number of anilines is 1. The van der Waals surface area contributed by atoms with Crippen molar-refractivity contribution in [3.8, 4) is 0 Å². The van der Waals surface area contributed by atoms with Crippen LogP contribution in [0.2, 0.25) is 0 Å². The third kappa shape index (κ3) is 4.66. The minimum Gasteiger partial charge on any atom is -0.322 e. The van der Waals surface area contributed by atoms with Gasteiger partial charge in [-0.3, -0.25) is 9.78 Å². The molecule has 1 aromatic heterocycles. The van der Waals surface area contributed by atoms with Gasteiger partial charge in [0, 0.05) is 18.1 Å². The first-order valence-electron chi connectivity index (χ1n) is 8.59. The van der Waals surface area contributed by atoms with E-state index in [4.69, 9.17) is 0 Å². The summed E-state index contributed by atoms with van der Waals surface area (Å²) < 4.78 is 25.3. The number of benzene rings is 1. The molecule has 3 rings (SSSR count). The predicted octanol–water partition coefficient (Wildman–Crippen LogP) is 3.69. The number of hydrogen-bond donors (Lipinski definition) is 1. The zero-order valence-electron chi connectivity index (χ0n) is 14.0. The summed E-state index contributed by atoms with van der Waals surface area (Å²) in [5.74, 6) is -0.0210.